The van der Waals surface area contributed by atoms with E-state index in [0.29, 0.717) is 30.1 Å². The second kappa shape index (κ2) is 7.53. The largest absolute Gasteiger partial charge is 0.478 e. The third-order valence-corrected chi connectivity index (χ3v) is 5.31. The van der Waals surface area contributed by atoms with Crippen LogP contribution in [-0.4, -0.2) is 34.3 Å². The number of rotatable bonds is 4. The highest BCUT2D eigenvalue weighted by Crippen LogP contribution is 2.37. The zero-order chi connectivity index (χ0) is 18.7. The lowest BCUT2D eigenvalue weighted by atomic mass is 10.0. The molecule has 6 nitrogen and oxygen atoms in total. The smallest absolute Gasteiger partial charge is 0.339 e. The minimum Gasteiger partial charge on any atom is -0.478 e. The van der Waals surface area contributed by atoms with E-state index in [9.17, 15) is 19.5 Å². The van der Waals surface area contributed by atoms with Gasteiger partial charge in [0, 0.05) is 24.4 Å². The van der Waals surface area contributed by atoms with Gasteiger partial charge in [-0.15, -0.1) is 11.3 Å². The number of nitrogens with zero attached hydrogens (tertiary/aromatic N) is 1. The maximum absolute atomic E-state index is 12.2. The predicted octanol–water partition coefficient (Wildman–Crippen LogP) is 3.00. The Bertz CT molecular complexity index is 886. The summed E-state index contributed by atoms with van der Waals surface area (Å²) in [5.41, 5.74) is 1.72. The number of carbonyl (C=O) groups is 3. The Morgan fingerprint density at radius 1 is 1.23 bits per heavy atom. The number of carboxylic acid groups (broad SMARTS) is 1. The molecule has 26 heavy (non-hydrogen) atoms. The van der Waals surface area contributed by atoms with Crippen LogP contribution in [0.1, 0.15) is 33.3 Å². The van der Waals surface area contributed by atoms with Crippen LogP contribution in [0.5, 0.6) is 0 Å². The van der Waals surface area contributed by atoms with E-state index in [4.69, 9.17) is 0 Å². The molecule has 0 saturated carbocycles. The molecule has 0 bridgehead atoms. The molecule has 1 aliphatic heterocycles. The first-order valence-electron chi connectivity index (χ1n) is 8.13. The number of fused-ring (bicyclic) bond motifs is 1. The van der Waals surface area contributed by atoms with Crippen molar-refractivity contribution in [3.63, 3.8) is 0 Å². The van der Waals surface area contributed by atoms with E-state index in [-0.39, 0.29) is 11.5 Å². The molecule has 0 aliphatic carbocycles. The molecule has 0 fully saturated rings. The molecule has 0 atom stereocenters. The highest BCUT2D eigenvalue weighted by molar-refractivity contribution is 7.17. The number of benzene rings is 1. The Labute approximate surface area is 154 Å². The average molecular weight is 370 g/mol. The predicted molar refractivity (Wildman–Crippen MR) is 100 cm³/mol. The molecule has 0 radical (unpaired) electrons. The first kappa shape index (κ1) is 17.9. The molecule has 2 heterocycles. The van der Waals surface area contributed by atoms with Gasteiger partial charge in [0.2, 0.25) is 11.8 Å². The molecule has 2 amide bonds. The molecule has 0 saturated heterocycles. The monoisotopic (exact) mass is 370 g/mol. The van der Waals surface area contributed by atoms with Crippen molar-refractivity contribution in [2.45, 2.75) is 19.9 Å². The number of hydrogen-bond acceptors (Lipinski definition) is 4. The van der Waals surface area contributed by atoms with Gasteiger partial charge in [-0.2, -0.15) is 0 Å². The van der Waals surface area contributed by atoms with Crippen LogP contribution in [0, 0.1) is 0 Å². The van der Waals surface area contributed by atoms with Crippen molar-refractivity contribution in [2.24, 2.45) is 0 Å². The quantitative estimate of drug-likeness (QED) is 0.810. The van der Waals surface area contributed by atoms with Crippen LogP contribution in [0.25, 0.3) is 6.08 Å². The fourth-order valence-electron chi connectivity index (χ4n) is 2.88. The summed E-state index contributed by atoms with van der Waals surface area (Å²) in [6.07, 6.45) is 3.52. The molecule has 0 unspecified atom stereocenters. The first-order valence-corrected chi connectivity index (χ1v) is 8.95. The van der Waals surface area contributed by atoms with Gasteiger partial charge in [0.25, 0.3) is 0 Å². The molecular weight excluding hydrogens is 352 g/mol. The number of nitrogens with one attached hydrogen (secondary N) is 1. The average Bonchev–Trinajstić information content (AvgIpc) is 2.97. The standard InChI is InChI=1S/C19H18N2O4S/c1-12(22)21-10-9-14-15(11-21)26-18(17(14)19(24)25)20-16(23)8-7-13-5-3-2-4-6-13/h2-8H,9-11H2,1H3,(H,20,23)(H,24,25)/b8-7+. The summed E-state index contributed by atoms with van der Waals surface area (Å²) < 4.78 is 0. The fraction of sp³-hybridized carbons (Fsp3) is 0.211. The van der Waals surface area contributed by atoms with Gasteiger partial charge in [-0.3, -0.25) is 9.59 Å². The number of amides is 2. The summed E-state index contributed by atoms with van der Waals surface area (Å²) in [6.45, 7) is 2.36. The lowest BCUT2D eigenvalue weighted by Gasteiger charge is -2.25. The molecule has 1 aliphatic rings. The molecule has 1 aromatic carbocycles. The van der Waals surface area contributed by atoms with Crippen LogP contribution >= 0.6 is 11.3 Å². The normalized spacial score (nSPS) is 13.5. The minimum atomic E-state index is -1.07. The minimum absolute atomic E-state index is 0.0442. The van der Waals surface area contributed by atoms with E-state index in [1.54, 1.807) is 11.0 Å². The number of hydrogen-bond donors (Lipinski definition) is 2. The van der Waals surface area contributed by atoms with Crippen LogP contribution in [0.3, 0.4) is 0 Å². The summed E-state index contributed by atoms with van der Waals surface area (Å²) in [7, 11) is 0. The van der Waals surface area contributed by atoms with Crippen molar-refractivity contribution in [1.82, 2.24) is 4.90 Å². The van der Waals surface area contributed by atoms with Crippen molar-refractivity contribution >= 4 is 40.2 Å². The van der Waals surface area contributed by atoms with Gasteiger partial charge in [0.1, 0.15) is 5.00 Å². The molecule has 2 aromatic rings. The Balaban J connectivity index is 1.81. The molecule has 1 aromatic heterocycles. The summed E-state index contributed by atoms with van der Waals surface area (Å²) >= 11 is 1.22. The fourth-order valence-corrected chi connectivity index (χ4v) is 4.13. The van der Waals surface area contributed by atoms with Gasteiger partial charge in [-0.1, -0.05) is 30.3 Å². The Hall–Kier alpha value is -2.93. The molecular formula is C19H18N2O4S. The molecule has 7 heteroatoms. The Kier molecular flexibility index (Phi) is 5.18. The van der Waals surface area contributed by atoms with E-state index >= 15 is 0 Å². The van der Waals surface area contributed by atoms with E-state index in [0.717, 1.165) is 10.4 Å². The van der Waals surface area contributed by atoms with Gasteiger partial charge >= 0.3 is 5.97 Å². The number of carboxylic acids is 1. The number of anilines is 1. The van der Waals surface area contributed by atoms with Gasteiger partial charge in [0.05, 0.1) is 12.1 Å². The van der Waals surface area contributed by atoms with Crippen LogP contribution < -0.4 is 5.32 Å². The molecule has 134 valence electrons. The lowest BCUT2D eigenvalue weighted by Crippen LogP contribution is -2.33. The van der Waals surface area contributed by atoms with E-state index in [1.807, 2.05) is 30.3 Å². The van der Waals surface area contributed by atoms with Crippen molar-refractivity contribution < 1.29 is 19.5 Å². The Morgan fingerprint density at radius 3 is 2.62 bits per heavy atom. The summed E-state index contributed by atoms with van der Waals surface area (Å²) in [5, 5.41) is 12.6. The number of aromatic carboxylic acids is 1. The zero-order valence-electron chi connectivity index (χ0n) is 14.2. The lowest BCUT2D eigenvalue weighted by molar-refractivity contribution is -0.129. The highest BCUT2D eigenvalue weighted by atomic mass is 32.1. The number of carbonyl (C=O) groups excluding carboxylic acids is 2. The first-order chi connectivity index (χ1) is 12.5. The highest BCUT2D eigenvalue weighted by Gasteiger charge is 2.29. The summed E-state index contributed by atoms with van der Waals surface area (Å²) in [5.74, 6) is -1.50. The second-order valence-corrected chi connectivity index (χ2v) is 7.04. The van der Waals surface area contributed by atoms with Crippen molar-refractivity contribution in [3.8, 4) is 0 Å². The third-order valence-electron chi connectivity index (χ3n) is 4.18. The van der Waals surface area contributed by atoms with Crippen LogP contribution in [0.4, 0.5) is 5.00 Å². The van der Waals surface area contributed by atoms with Gasteiger partial charge in [0.15, 0.2) is 0 Å². The van der Waals surface area contributed by atoms with Crippen molar-refractivity contribution in [2.75, 3.05) is 11.9 Å². The van der Waals surface area contributed by atoms with E-state index in [1.165, 1.54) is 24.3 Å². The maximum atomic E-state index is 12.2. The summed E-state index contributed by atoms with van der Waals surface area (Å²) in [4.78, 5) is 37.9. The number of thiophene rings is 1. The van der Waals surface area contributed by atoms with Gasteiger partial charge in [-0.25, -0.2) is 4.79 Å². The van der Waals surface area contributed by atoms with Crippen molar-refractivity contribution in [3.05, 3.63) is 58.0 Å². The maximum Gasteiger partial charge on any atom is 0.339 e. The SMILES string of the molecule is CC(=O)N1CCc2c(sc(NC(=O)/C=C/c3ccccc3)c2C(=O)O)C1. The van der Waals surface area contributed by atoms with Crippen molar-refractivity contribution in [1.29, 1.82) is 0 Å². The Morgan fingerprint density at radius 2 is 1.96 bits per heavy atom. The van der Waals surface area contributed by atoms with E-state index in [2.05, 4.69) is 5.32 Å². The molecule has 3 rings (SSSR count). The van der Waals surface area contributed by atoms with Crippen LogP contribution in [0.2, 0.25) is 0 Å². The molecule has 2 N–H and O–H groups in total. The van der Waals surface area contributed by atoms with Crippen LogP contribution in [0.15, 0.2) is 36.4 Å². The van der Waals surface area contributed by atoms with Gasteiger partial charge < -0.3 is 15.3 Å². The van der Waals surface area contributed by atoms with E-state index < -0.39 is 11.9 Å². The summed E-state index contributed by atoms with van der Waals surface area (Å²) in [6, 6.07) is 9.36. The third kappa shape index (κ3) is 3.83. The zero-order valence-corrected chi connectivity index (χ0v) is 15.0. The second-order valence-electron chi connectivity index (χ2n) is 5.94. The topological polar surface area (TPSA) is 86.7 Å². The van der Waals surface area contributed by atoms with Gasteiger partial charge in [-0.05, 0) is 23.6 Å². The van der Waals surface area contributed by atoms with Crippen LogP contribution in [-0.2, 0) is 22.6 Å². The molecule has 0 spiro atoms.